The molecule has 4 heteroatoms. The molecule has 2 rings (SSSR count). The minimum absolute atomic E-state index is 0.0158. The molecule has 1 fully saturated rings. The fraction of sp³-hybridized carbons (Fsp3) is 0.500. The first-order valence-electron chi connectivity index (χ1n) is 6.43. The van der Waals surface area contributed by atoms with E-state index in [2.05, 4.69) is 24.5 Å². The molecule has 0 radical (unpaired) electrons. The highest BCUT2D eigenvalue weighted by Gasteiger charge is 2.26. The fourth-order valence-electron chi connectivity index (χ4n) is 2.21. The maximum atomic E-state index is 12.2. The highest BCUT2D eigenvalue weighted by atomic mass is 16.2. The average Bonchev–Trinajstić information content (AvgIpc) is 2.51. The van der Waals surface area contributed by atoms with Crippen molar-refractivity contribution in [3.8, 4) is 0 Å². The van der Waals surface area contributed by atoms with E-state index in [-0.39, 0.29) is 11.6 Å². The van der Waals surface area contributed by atoms with E-state index in [4.69, 9.17) is 0 Å². The van der Waals surface area contributed by atoms with Gasteiger partial charge in [-0.15, -0.1) is 0 Å². The molecule has 0 atom stereocenters. The number of nitrogens with one attached hydrogen (secondary N) is 2. The van der Waals surface area contributed by atoms with Gasteiger partial charge in [0, 0.05) is 24.3 Å². The van der Waals surface area contributed by atoms with Crippen LogP contribution in [-0.2, 0) is 0 Å². The molecule has 0 aliphatic carbocycles. The predicted molar refractivity (Wildman–Crippen MR) is 73.7 cm³/mol. The molecule has 0 unspecified atom stereocenters. The Hall–Kier alpha value is -1.55. The lowest BCUT2D eigenvalue weighted by molar-refractivity contribution is 0.201. The van der Waals surface area contributed by atoms with Crippen LogP contribution < -0.4 is 10.6 Å². The van der Waals surface area contributed by atoms with E-state index < -0.39 is 0 Å². The smallest absolute Gasteiger partial charge is 0.321 e. The first-order valence-corrected chi connectivity index (χ1v) is 6.43. The molecule has 1 saturated heterocycles. The number of hydrogen-bond acceptors (Lipinski definition) is 2. The third-order valence-corrected chi connectivity index (χ3v) is 3.11. The van der Waals surface area contributed by atoms with Crippen LogP contribution in [0.4, 0.5) is 10.5 Å². The Morgan fingerprint density at radius 3 is 2.78 bits per heavy atom. The molecule has 0 spiro atoms. The van der Waals surface area contributed by atoms with Crippen molar-refractivity contribution in [1.82, 2.24) is 10.2 Å². The Kier molecular flexibility index (Phi) is 3.87. The lowest BCUT2D eigenvalue weighted by Crippen LogP contribution is -2.48. The summed E-state index contributed by atoms with van der Waals surface area (Å²) in [6.45, 7) is 6.74. The van der Waals surface area contributed by atoms with E-state index >= 15 is 0 Å². The SMILES string of the molecule is CC1(C)CN(C(=O)Nc2ccccc2)CCCN1. The largest absolute Gasteiger partial charge is 0.323 e. The normalized spacial score (nSPS) is 19.1. The van der Waals surface area contributed by atoms with Crippen LogP contribution in [0, 0.1) is 0 Å². The molecular weight excluding hydrogens is 226 g/mol. The quantitative estimate of drug-likeness (QED) is 0.799. The number of carbonyl (C=O) groups excluding carboxylic acids is 1. The number of hydrogen-bond donors (Lipinski definition) is 2. The number of carbonyl (C=O) groups is 1. The molecule has 1 aromatic carbocycles. The van der Waals surface area contributed by atoms with Crippen molar-refractivity contribution in [3.05, 3.63) is 30.3 Å². The second kappa shape index (κ2) is 5.40. The molecule has 0 aromatic heterocycles. The van der Waals surface area contributed by atoms with Crippen LogP contribution in [-0.4, -0.2) is 36.1 Å². The Labute approximate surface area is 108 Å². The maximum Gasteiger partial charge on any atom is 0.321 e. The van der Waals surface area contributed by atoms with Gasteiger partial charge in [0.05, 0.1) is 0 Å². The van der Waals surface area contributed by atoms with Crippen LogP contribution in [0.3, 0.4) is 0 Å². The molecule has 1 aromatic rings. The number of anilines is 1. The van der Waals surface area contributed by atoms with E-state index in [0.717, 1.165) is 31.7 Å². The van der Waals surface area contributed by atoms with Crippen LogP contribution in [0.25, 0.3) is 0 Å². The van der Waals surface area contributed by atoms with Gasteiger partial charge in [-0.25, -0.2) is 4.79 Å². The second-order valence-corrected chi connectivity index (χ2v) is 5.38. The van der Waals surface area contributed by atoms with Gasteiger partial charge in [-0.1, -0.05) is 18.2 Å². The molecule has 1 aliphatic rings. The Morgan fingerprint density at radius 2 is 2.06 bits per heavy atom. The number of nitrogens with zero attached hydrogens (tertiary/aromatic N) is 1. The fourth-order valence-corrected chi connectivity index (χ4v) is 2.21. The van der Waals surface area contributed by atoms with Crippen molar-refractivity contribution < 1.29 is 4.79 Å². The topological polar surface area (TPSA) is 44.4 Å². The monoisotopic (exact) mass is 247 g/mol. The van der Waals surface area contributed by atoms with Gasteiger partial charge in [0.2, 0.25) is 0 Å². The zero-order valence-corrected chi connectivity index (χ0v) is 11.1. The van der Waals surface area contributed by atoms with Gasteiger partial charge in [-0.05, 0) is 38.9 Å². The maximum absolute atomic E-state index is 12.2. The molecule has 98 valence electrons. The summed E-state index contributed by atoms with van der Waals surface area (Å²) in [5.74, 6) is 0. The van der Waals surface area contributed by atoms with Crippen LogP contribution in [0.1, 0.15) is 20.3 Å². The highest BCUT2D eigenvalue weighted by molar-refractivity contribution is 5.89. The first-order chi connectivity index (χ1) is 8.57. The van der Waals surface area contributed by atoms with Gasteiger partial charge in [0.15, 0.2) is 0 Å². The van der Waals surface area contributed by atoms with E-state index in [1.54, 1.807) is 0 Å². The molecule has 0 saturated carbocycles. The number of amides is 2. The zero-order valence-electron chi connectivity index (χ0n) is 11.1. The standard InChI is InChI=1S/C14H21N3O/c1-14(2)11-17(10-6-9-15-14)13(18)16-12-7-4-3-5-8-12/h3-5,7-8,15H,6,9-11H2,1-2H3,(H,16,18). The summed E-state index contributed by atoms with van der Waals surface area (Å²) >= 11 is 0. The summed E-state index contributed by atoms with van der Waals surface area (Å²) in [6.07, 6.45) is 0.992. The van der Waals surface area contributed by atoms with Gasteiger partial charge >= 0.3 is 6.03 Å². The molecule has 18 heavy (non-hydrogen) atoms. The summed E-state index contributed by atoms with van der Waals surface area (Å²) in [7, 11) is 0. The van der Waals surface area contributed by atoms with E-state index in [0.29, 0.717) is 0 Å². The number of benzene rings is 1. The van der Waals surface area contributed by atoms with Crippen molar-refractivity contribution in [3.63, 3.8) is 0 Å². The molecular formula is C14H21N3O. The molecule has 4 nitrogen and oxygen atoms in total. The van der Waals surface area contributed by atoms with Gasteiger partial charge in [0.25, 0.3) is 0 Å². The molecule has 0 bridgehead atoms. The first kappa shape index (κ1) is 12.9. The van der Waals surface area contributed by atoms with Crippen molar-refractivity contribution in [1.29, 1.82) is 0 Å². The Bertz CT molecular complexity index is 403. The number of rotatable bonds is 1. The van der Waals surface area contributed by atoms with Crippen molar-refractivity contribution >= 4 is 11.7 Å². The summed E-state index contributed by atoms with van der Waals surface area (Å²) < 4.78 is 0. The molecule has 2 N–H and O–H groups in total. The van der Waals surface area contributed by atoms with Gasteiger partial charge in [-0.3, -0.25) is 0 Å². The van der Waals surface area contributed by atoms with Crippen molar-refractivity contribution in [2.45, 2.75) is 25.8 Å². The minimum Gasteiger partial charge on any atom is -0.323 e. The van der Waals surface area contributed by atoms with E-state index in [1.807, 2.05) is 35.2 Å². The second-order valence-electron chi connectivity index (χ2n) is 5.38. The summed E-state index contributed by atoms with van der Waals surface area (Å²) in [5, 5.41) is 6.38. The van der Waals surface area contributed by atoms with Crippen molar-refractivity contribution in [2.24, 2.45) is 0 Å². The number of para-hydroxylation sites is 1. The van der Waals surface area contributed by atoms with Gasteiger partial charge in [0.1, 0.15) is 0 Å². The summed E-state index contributed by atoms with van der Waals surface area (Å²) in [6, 6.07) is 9.57. The van der Waals surface area contributed by atoms with Crippen LogP contribution >= 0.6 is 0 Å². The average molecular weight is 247 g/mol. The zero-order chi connectivity index (χ0) is 13.0. The predicted octanol–water partition coefficient (Wildman–Crippen LogP) is 2.29. The summed E-state index contributed by atoms with van der Waals surface area (Å²) in [4.78, 5) is 14.1. The lowest BCUT2D eigenvalue weighted by Gasteiger charge is -2.30. The lowest BCUT2D eigenvalue weighted by atomic mass is 10.1. The molecule has 1 aliphatic heterocycles. The number of urea groups is 1. The van der Waals surface area contributed by atoms with Crippen LogP contribution in [0.15, 0.2) is 30.3 Å². The third kappa shape index (κ3) is 3.47. The van der Waals surface area contributed by atoms with E-state index in [1.165, 1.54) is 0 Å². The van der Waals surface area contributed by atoms with Crippen molar-refractivity contribution in [2.75, 3.05) is 25.0 Å². The third-order valence-electron chi connectivity index (χ3n) is 3.11. The highest BCUT2D eigenvalue weighted by Crippen LogP contribution is 2.13. The molecule has 1 heterocycles. The van der Waals surface area contributed by atoms with Crippen LogP contribution in [0.2, 0.25) is 0 Å². The van der Waals surface area contributed by atoms with Gasteiger partial charge in [-0.2, -0.15) is 0 Å². The van der Waals surface area contributed by atoms with Gasteiger partial charge < -0.3 is 15.5 Å². The molecule has 2 amide bonds. The van der Waals surface area contributed by atoms with E-state index in [9.17, 15) is 4.79 Å². The summed E-state index contributed by atoms with van der Waals surface area (Å²) in [5.41, 5.74) is 0.822. The Balaban J connectivity index is 2.00. The Morgan fingerprint density at radius 1 is 1.33 bits per heavy atom. The minimum atomic E-state index is -0.0233. The van der Waals surface area contributed by atoms with Crippen LogP contribution in [0.5, 0.6) is 0 Å².